The second-order valence-corrected chi connectivity index (χ2v) is 3.64. The molecule has 0 unspecified atom stereocenters. The van der Waals surface area contributed by atoms with Crippen LogP contribution < -0.4 is 0 Å². The number of rotatable bonds is 5. The fourth-order valence-corrected chi connectivity index (χ4v) is 1.48. The first kappa shape index (κ1) is 13.4. The largest absolute Gasteiger partial charge is 0.465 e. The zero-order chi connectivity index (χ0) is 12.8. The average molecular weight is 236 g/mol. The predicted molar refractivity (Wildman–Crippen MR) is 63.5 cm³/mol. The van der Waals surface area contributed by atoms with Crippen molar-refractivity contribution in [2.75, 3.05) is 13.7 Å². The molecule has 1 rings (SSSR count). The predicted octanol–water partition coefficient (Wildman–Crippen LogP) is 1.30. The summed E-state index contributed by atoms with van der Waals surface area (Å²) in [5, 5.41) is 19.0. The molecule has 4 heteroatoms. The van der Waals surface area contributed by atoms with Crippen LogP contribution in [0.15, 0.2) is 36.9 Å². The molecule has 4 nitrogen and oxygen atoms in total. The van der Waals surface area contributed by atoms with Gasteiger partial charge in [0, 0.05) is 5.92 Å². The lowest BCUT2D eigenvalue weighted by Gasteiger charge is -2.17. The normalized spacial score (nSPS) is 13.8. The molecule has 2 N–H and O–H groups in total. The van der Waals surface area contributed by atoms with Gasteiger partial charge in [-0.15, -0.1) is 6.58 Å². The number of hydrogen-bond donors (Lipinski definition) is 2. The lowest BCUT2D eigenvalue weighted by Crippen LogP contribution is -2.14. The molecular weight excluding hydrogens is 220 g/mol. The van der Waals surface area contributed by atoms with Crippen LogP contribution in [0.5, 0.6) is 0 Å². The van der Waals surface area contributed by atoms with Gasteiger partial charge in [-0.05, 0) is 17.7 Å². The first-order valence-electron chi connectivity index (χ1n) is 5.23. The molecule has 0 saturated carbocycles. The zero-order valence-corrected chi connectivity index (χ0v) is 9.67. The molecule has 92 valence electrons. The molecule has 0 radical (unpaired) electrons. The van der Waals surface area contributed by atoms with Gasteiger partial charge < -0.3 is 14.9 Å². The molecule has 0 aliphatic heterocycles. The van der Waals surface area contributed by atoms with Crippen LogP contribution in [0.1, 0.15) is 22.0 Å². The summed E-state index contributed by atoms with van der Waals surface area (Å²) >= 11 is 0. The number of benzene rings is 1. The van der Waals surface area contributed by atoms with Gasteiger partial charge in [-0.2, -0.15) is 0 Å². The number of hydrogen-bond acceptors (Lipinski definition) is 4. The fourth-order valence-electron chi connectivity index (χ4n) is 1.48. The molecule has 0 heterocycles. The van der Waals surface area contributed by atoms with Crippen molar-refractivity contribution < 1.29 is 19.7 Å². The molecule has 0 fully saturated rings. The number of aliphatic hydroxyl groups excluding tert-OH is 2. The van der Waals surface area contributed by atoms with Crippen molar-refractivity contribution in [2.45, 2.75) is 6.10 Å². The standard InChI is InChI=1S/C13H16O4/c1-3-9(8-14)12(15)10-4-6-11(7-5-10)13(16)17-2/h3-7,9,12,14-15H,1,8H2,2H3/t9-,12+/m1/s1. The summed E-state index contributed by atoms with van der Waals surface area (Å²) in [7, 11) is 1.31. The second kappa shape index (κ2) is 6.18. The van der Waals surface area contributed by atoms with E-state index in [-0.39, 0.29) is 6.61 Å². The highest BCUT2D eigenvalue weighted by Gasteiger charge is 2.17. The Morgan fingerprint density at radius 3 is 2.47 bits per heavy atom. The van der Waals surface area contributed by atoms with E-state index in [0.717, 1.165) is 0 Å². The van der Waals surface area contributed by atoms with Gasteiger partial charge in [0.15, 0.2) is 0 Å². The number of ether oxygens (including phenoxy) is 1. The van der Waals surface area contributed by atoms with E-state index in [2.05, 4.69) is 11.3 Å². The molecule has 2 atom stereocenters. The minimum Gasteiger partial charge on any atom is -0.465 e. The summed E-state index contributed by atoms with van der Waals surface area (Å²) in [5.41, 5.74) is 1.04. The summed E-state index contributed by atoms with van der Waals surface area (Å²) in [6.45, 7) is 3.37. The lowest BCUT2D eigenvalue weighted by atomic mass is 9.96. The molecule has 0 bridgehead atoms. The van der Waals surface area contributed by atoms with E-state index in [1.165, 1.54) is 13.2 Å². The van der Waals surface area contributed by atoms with Crippen LogP contribution in [0.3, 0.4) is 0 Å². The zero-order valence-electron chi connectivity index (χ0n) is 9.67. The van der Waals surface area contributed by atoms with Crippen LogP contribution in [0.2, 0.25) is 0 Å². The fraction of sp³-hybridized carbons (Fsp3) is 0.308. The molecular formula is C13H16O4. The van der Waals surface area contributed by atoms with Crippen LogP contribution in [-0.2, 0) is 4.74 Å². The minimum absolute atomic E-state index is 0.177. The Bertz CT molecular complexity index is 383. The highest BCUT2D eigenvalue weighted by molar-refractivity contribution is 5.89. The second-order valence-electron chi connectivity index (χ2n) is 3.64. The smallest absolute Gasteiger partial charge is 0.337 e. The van der Waals surface area contributed by atoms with E-state index in [0.29, 0.717) is 11.1 Å². The Morgan fingerprint density at radius 1 is 1.47 bits per heavy atom. The van der Waals surface area contributed by atoms with Gasteiger partial charge in [0.05, 0.1) is 25.4 Å². The van der Waals surface area contributed by atoms with Crippen molar-refractivity contribution in [3.63, 3.8) is 0 Å². The van der Waals surface area contributed by atoms with E-state index in [4.69, 9.17) is 5.11 Å². The minimum atomic E-state index is -0.829. The van der Waals surface area contributed by atoms with Gasteiger partial charge in [-0.1, -0.05) is 18.2 Å². The average Bonchev–Trinajstić information content (AvgIpc) is 2.39. The van der Waals surface area contributed by atoms with Gasteiger partial charge in [-0.25, -0.2) is 4.79 Å². The van der Waals surface area contributed by atoms with Crippen molar-refractivity contribution in [1.29, 1.82) is 0 Å². The van der Waals surface area contributed by atoms with Gasteiger partial charge in [0.25, 0.3) is 0 Å². The molecule has 0 aliphatic carbocycles. The number of methoxy groups -OCH3 is 1. The SMILES string of the molecule is C=C[C@H](CO)[C@H](O)c1ccc(C(=O)OC)cc1. The van der Waals surface area contributed by atoms with E-state index in [9.17, 15) is 9.90 Å². The third kappa shape index (κ3) is 3.15. The number of carbonyl (C=O) groups is 1. The lowest BCUT2D eigenvalue weighted by molar-refractivity contribution is 0.0600. The van der Waals surface area contributed by atoms with Crippen LogP contribution >= 0.6 is 0 Å². The molecule has 0 aliphatic rings. The number of aliphatic hydroxyl groups is 2. The van der Waals surface area contributed by atoms with Gasteiger partial charge in [0.2, 0.25) is 0 Å². The summed E-state index contributed by atoms with van der Waals surface area (Å²) in [6.07, 6.45) is 0.669. The highest BCUT2D eigenvalue weighted by Crippen LogP contribution is 2.22. The van der Waals surface area contributed by atoms with Crippen LogP contribution in [-0.4, -0.2) is 29.9 Å². The monoisotopic (exact) mass is 236 g/mol. The quantitative estimate of drug-likeness (QED) is 0.597. The van der Waals surface area contributed by atoms with Crippen LogP contribution in [0, 0.1) is 5.92 Å². The Hall–Kier alpha value is -1.65. The molecule has 0 amide bonds. The third-order valence-electron chi connectivity index (χ3n) is 2.59. The third-order valence-corrected chi connectivity index (χ3v) is 2.59. The summed E-state index contributed by atoms with van der Waals surface area (Å²) in [5.74, 6) is -0.840. The van der Waals surface area contributed by atoms with Gasteiger partial charge >= 0.3 is 5.97 Å². The van der Waals surface area contributed by atoms with Crippen LogP contribution in [0.25, 0.3) is 0 Å². The van der Waals surface area contributed by atoms with Gasteiger partial charge in [0.1, 0.15) is 0 Å². The molecule has 1 aromatic rings. The topological polar surface area (TPSA) is 66.8 Å². The van der Waals surface area contributed by atoms with Crippen molar-refractivity contribution in [3.05, 3.63) is 48.0 Å². The van der Waals surface area contributed by atoms with E-state index < -0.39 is 18.0 Å². The maximum Gasteiger partial charge on any atom is 0.337 e. The van der Waals surface area contributed by atoms with Crippen molar-refractivity contribution in [1.82, 2.24) is 0 Å². The summed E-state index contributed by atoms with van der Waals surface area (Å²) in [6, 6.07) is 6.40. The maximum atomic E-state index is 11.2. The Morgan fingerprint density at radius 2 is 2.06 bits per heavy atom. The van der Waals surface area contributed by atoms with E-state index in [1.807, 2.05) is 0 Å². The summed E-state index contributed by atoms with van der Waals surface area (Å²) < 4.78 is 4.57. The first-order chi connectivity index (χ1) is 8.13. The van der Waals surface area contributed by atoms with Gasteiger partial charge in [-0.3, -0.25) is 0 Å². The van der Waals surface area contributed by atoms with E-state index >= 15 is 0 Å². The highest BCUT2D eigenvalue weighted by atomic mass is 16.5. The Kier molecular flexibility index (Phi) is 4.87. The Labute approximate surface area is 100 Å². The molecule has 0 spiro atoms. The van der Waals surface area contributed by atoms with Crippen LogP contribution in [0.4, 0.5) is 0 Å². The molecule has 0 saturated heterocycles. The molecule has 1 aromatic carbocycles. The van der Waals surface area contributed by atoms with Crippen molar-refractivity contribution in [3.8, 4) is 0 Å². The summed E-state index contributed by atoms with van der Waals surface area (Å²) in [4.78, 5) is 11.2. The maximum absolute atomic E-state index is 11.2. The van der Waals surface area contributed by atoms with Crippen molar-refractivity contribution in [2.24, 2.45) is 5.92 Å². The molecule has 0 aromatic heterocycles. The van der Waals surface area contributed by atoms with E-state index in [1.54, 1.807) is 24.3 Å². The Balaban J connectivity index is 2.86. The number of esters is 1. The number of carbonyl (C=O) groups excluding carboxylic acids is 1. The first-order valence-corrected chi connectivity index (χ1v) is 5.23. The van der Waals surface area contributed by atoms with Crippen molar-refractivity contribution >= 4 is 5.97 Å². The molecule has 17 heavy (non-hydrogen) atoms.